The van der Waals surface area contributed by atoms with Gasteiger partial charge in [0.1, 0.15) is 11.6 Å². The number of halogens is 2. The van der Waals surface area contributed by atoms with E-state index < -0.39 is 0 Å². The molecule has 0 bridgehead atoms. The molecule has 0 atom stereocenters. The number of hydrogen-bond acceptors (Lipinski definition) is 2. The molecule has 0 aliphatic carbocycles. The SMILES string of the molecule is Cc1cc(F)ccc1Oc1ncccc1Br. The van der Waals surface area contributed by atoms with Gasteiger partial charge in [-0.2, -0.15) is 0 Å². The van der Waals surface area contributed by atoms with E-state index in [1.54, 1.807) is 25.3 Å². The Balaban J connectivity index is 2.31. The fourth-order valence-corrected chi connectivity index (χ4v) is 1.61. The molecule has 0 amide bonds. The molecule has 2 nitrogen and oxygen atoms in total. The van der Waals surface area contributed by atoms with Crippen LogP contribution in [0.5, 0.6) is 11.6 Å². The van der Waals surface area contributed by atoms with Gasteiger partial charge in [-0.3, -0.25) is 0 Å². The van der Waals surface area contributed by atoms with Gasteiger partial charge in [-0.15, -0.1) is 0 Å². The molecule has 0 aliphatic rings. The topological polar surface area (TPSA) is 22.1 Å². The van der Waals surface area contributed by atoms with Crippen molar-refractivity contribution in [2.75, 3.05) is 0 Å². The Hall–Kier alpha value is -1.42. The highest BCUT2D eigenvalue weighted by molar-refractivity contribution is 9.10. The number of nitrogens with zero attached hydrogens (tertiary/aromatic N) is 1. The molecule has 1 heterocycles. The van der Waals surface area contributed by atoms with Crippen molar-refractivity contribution in [3.05, 3.63) is 52.4 Å². The molecule has 4 heteroatoms. The Morgan fingerprint density at radius 1 is 1.31 bits per heavy atom. The lowest BCUT2D eigenvalue weighted by Crippen LogP contribution is -1.91. The standard InChI is InChI=1S/C12H9BrFNO/c1-8-7-9(14)4-5-11(8)16-12-10(13)3-2-6-15-12/h2-7H,1H3. The third-order valence-corrected chi connectivity index (χ3v) is 2.67. The van der Waals surface area contributed by atoms with Crippen molar-refractivity contribution < 1.29 is 9.13 Å². The molecule has 2 aromatic rings. The van der Waals surface area contributed by atoms with Crippen molar-refractivity contribution in [1.29, 1.82) is 0 Å². The Morgan fingerprint density at radius 2 is 2.12 bits per heavy atom. The second kappa shape index (κ2) is 4.61. The molecular formula is C12H9BrFNO. The lowest BCUT2D eigenvalue weighted by molar-refractivity contribution is 0.454. The van der Waals surface area contributed by atoms with Crippen molar-refractivity contribution in [1.82, 2.24) is 4.98 Å². The summed E-state index contributed by atoms with van der Waals surface area (Å²) in [5, 5.41) is 0. The molecule has 0 fully saturated rings. The van der Waals surface area contributed by atoms with Crippen LogP contribution in [-0.4, -0.2) is 4.98 Å². The highest BCUT2D eigenvalue weighted by atomic mass is 79.9. The lowest BCUT2D eigenvalue weighted by atomic mass is 10.2. The lowest BCUT2D eigenvalue weighted by Gasteiger charge is -2.08. The number of pyridine rings is 1. The first-order chi connectivity index (χ1) is 7.66. The number of hydrogen-bond donors (Lipinski definition) is 0. The summed E-state index contributed by atoms with van der Waals surface area (Å²) in [4.78, 5) is 4.07. The second-order valence-corrected chi connectivity index (χ2v) is 4.16. The minimum absolute atomic E-state index is 0.273. The van der Waals surface area contributed by atoms with Gasteiger partial charge in [0.2, 0.25) is 5.88 Å². The van der Waals surface area contributed by atoms with Crippen LogP contribution < -0.4 is 4.74 Å². The predicted octanol–water partition coefficient (Wildman–Crippen LogP) is 4.08. The quantitative estimate of drug-likeness (QED) is 0.827. The Bertz CT molecular complexity index is 516. The van der Waals surface area contributed by atoms with Crippen molar-refractivity contribution in [2.24, 2.45) is 0 Å². The first-order valence-corrected chi connectivity index (χ1v) is 5.50. The summed E-state index contributed by atoms with van der Waals surface area (Å²) in [7, 11) is 0. The summed E-state index contributed by atoms with van der Waals surface area (Å²) >= 11 is 3.33. The fraction of sp³-hybridized carbons (Fsp3) is 0.0833. The second-order valence-electron chi connectivity index (χ2n) is 3.30. The zero-order chi connectivity index (χ0) is 11.5. The van der Waals surface area contributed by atoms with E-state index in [0.29, 0.717) is 11.6 Å². The van der Waals surface area contributed by atoms with Crippen LogP contribution in [0.1, 0.15) is 5.56 Å². The van der Waals surface area contributed by atoms with E-state index >= 15 is 0 Å². The predicted molar refractivity (Wildman–Crippen MR) is 63.1 cm³/mol. The van der Waals surface area contributed by atoms with Gasteiger partial charge >= 0.3 is 0 Å². The van der Waals surface area contributed by atoms with Crippen molar-refractivity contribution in [3.63, 3.8) is 0 Å². The molecule has 0 saturated heterocycles. The van der Waals surface area contributed by atoms with Gasteiger partial charge in [-0.1, -0.05) is 0 Å². The number of benzene rings is 1. The maximum absolute atomic E-state index is 12.9. The first-order valence-electron chi connectivity index (χ1n) is 4.71. The molecule has 0 unspecified atom stereocenters. The van der Waals surface area contributed by atoms with E-state index in [1.165, 1.54) is 12.1 Å². The van der Waals surface area contributed by atoms with Crippen LogP contribution in [-0.2, 0) is 0 Å². The van der Waals surface area contributed by atoms with E-state index in [-0.39, 0.29) is 5.82 Å². The number of ether oxygens (including phenoxy) is 1. The normalized spacial score (nSPS) is 10.2. The van der Waals surface area contributed by atoms with Crippen LogP contribution in [0.3, 0.4) is 0 Å². The molecule has 82 valence electrons. The van der Waals surface area contributed by atoms with Crippen molar-refractivity contribution >= 4 is 15.9 Å². The van der Waals surface area contributed by atoms with E-state index in [0.717, 1.165) is 10.0 Å². The Morgan fingerprint density at radius 3 is 2.81 bits per heavy atom. The third-order valence-electron chi connectivity index (χ3n) is 2.07. The average Bonchev–Trinajstić information content (AvgIpc) is 2.25. The van der Waals surface area contributed by atoms with Gasteiger partial charge in [-0.05, 0) is 58.7 Å². The van der Waals surface area contributed by atoms with Gasteiger partial charge in [0.05, 0.1) is 4.47 Å². The molecule has 0 N–H and O–H groups in total. The molecule has 0 spiro atoms. The van der Waals surface area contributed by atoms with Crippen LogP contribution >= 0.6 is 15.9 Å². The number of aryl methyl sites for hydroxylation is 1. The van der Waals surface area contributed by atoms with E-state index in [9.17, 15) is 4.39 Å². The maximum Gasteiger partial charge on any atom is 0.233 e. The van der Waals surface area contributed by atoms with Crippen LogP contribution in [0.15, 0.2) is 41.0 Å². The van der Waals surface area contributed by atoms with E-state index in [1.807, 2.05) is 6.07 Å². The van der Waals surface area contributed by atoms with Crippen LogP contribution in [0, 0.1) is 12.7 Å². The highest BCUT2D eigenvalue weighted by Gasteiger charge is 2.06. The minimum Gasteiger partial charge on any atom is -0.438 e. The maximum atomic E-state index is 12.9. The largest absolute Gasteiger partial charge is 0.438 e. The zero-order valence-corrected chi connectivity index (χ0v) is 10.2. The fourth-order valence-electron chi connectivity index (χ4n) is 1.28. The van der Waals surface area contributed by atoms with Crippen LogP contribution in [0.4, 0.5) is 4.39 Å². The molecule has 0 radical (unpaired) electrons. The van der Waals surface area contributed by atoms with Crippen molar-refractivity contribution in [2.45, 2.75) is 6.92 Å². The molecular weight excluding hydrogens is 273 g/mol. The van der Waals surface area contributed by atoms with E-state index in [4.69, 9.17) is 4.74 Å². The summed E-state index contributed by atoms with van der Waals surface area (Å²) in [6.07, 6.45) is 1.64. The molecule has 1 aromatic heterocycles. The summed E-state index contributed by atoms with van der Waals surface area (Å²) in [5.74, 6) is 0.794. The van der Waals surface area contributed by atoms with Crippen molar-refractivity contribution in [3.8, 4) is 11.6 Å². The van der Waals surface area contributed by atoms with E-state index in [2.05, 4.69) is 20.9 Å². The monoisotopic (exact) mass is 281 g/mol. The zero-order valence-electron chi connectivity index (χ0n) is 8.58. The average molecular weight is 282 g/mol. The van der Waals surface area contributed by atoms with Gasteiger partial charge in [0.15, 0.2) is 0 Å². The highest BCUT2D eigenvalue weighted by Crippen LogP contribution is 2.29. The Kier molecular flexibility index (Phi) is 3.19. The molecule has 2 rings (SSSR count). The van der Waals surface area contributed by atoms with Gasteiger partial charge in [-0.25, -0.2) is 9.37 Å². The van der Waals surface area contributed by atoms with Crippen LogP contribution in [0.2, 0.25) is 0 Å². The first kappa shape index (κ1) is 11.1. The van der Waals surface area contributed by atoms with Gasteiger partial charge in [0.25, 0.3) is 0 Å². The third kappa shape index (κ3) is 2.39. The summed E-state index contributed by atoms with van der Waals surface area (Å²) in [5.41, 5.74) is 0.734. The minimum atomic E-state index is -0.273. The molecule has 0 saturated carbocycles. The van der Waals surface area contributed by atoms with Gasteiger partial charge in [0, 0.05) is 6.20 Å². The number of aromatic nitrogens is 1. The summed E-state index contributed by atoms with van der Waals surface area (Å²) < 4.78 is 19.2. The Labute approximate surface area is 101 Å². The molecule has 1 aromatic carbocycles. The summed E-state index contributed by atoms with van der Waals surface area (Å²) in [6.45, 7) is 1.79. The van der Waals surface area contributed by atoms with Crippen LogP contribution in [0.25, 0.3) is 0 Å². The van der Waals surface area contributed by atoms with Gasteiger partial charge < -0.3 is 4.74 Å². The number of rotatable bonds is 2. The molecule has 16 heavy (non-hydrogen) atoms. The summed E-state index contributed by atoms with van der Waals surface area (Å²) in [6, 6.07) is 8.01. The molecule has 0 aliphatic heterocycles. The smallest absolute Gasteiger partial charge is 0.233 e.